The molecule has 2 rings (SSSR count). The highest BCUT2D eigenvalue weighted by Gasteiger charge is 2.10. The van der Waals surface area contributed by atoms with Gasteiger partial charge in [0.1, 0.15) is 0 Å². The van der Waals surface area contributed by atoms with Crippen molar-refractivity contribution in [3.8, 4) is 0 Å². The van der Waals surface area contributed by atoms with Gasteiger partial charge >= 0.3 is 5.97 Å². The number of carbonyl (C=O) groups is 1. The Morgan fingerprint density at radius 2 is 2.14 bits per heavy atom. The zero-order valence-electron chi connectivity index (χ0n) is 12.0. The van der Waals surface area contributed by atoms with E-state index in [1.165, 1.54) is 12.7 Å². The van der Waals surface area contributed by atoms with E-state index >= 15 is 0 Å². The number of pyridine rings is 1. The van der Waals surface area contributed by atoms with E-state index in [4.69, 9.17) is 4.74 Å². The van der Waals surface area contributed by atoms with E-state index in [0.717, 1.165) is 23.1 Å². The SMILES string of the molecule is COC(=O)c1ccc(CN(C)Cc2cccnc2)c(Br)c1. The molecule has 110 valence electrons. The quantitative estimate of drug-likeness (QED) is 0.777. The maximum absolute atomic E-state index is 11.5. The lowest BCUT2D eigenvalue weighted by Gasteiger charge is -2.17. The Kier molecular flexibility index (Phi) is 5.47. The predicted molar refractivity (Wildman–Crippen MR) is 84.9 cm³/mol. The zero-order chi connectivity index (χ0) is 15.2. The molecule has 21 heavy (non-hydrogen) atoms. The maximum atomic E-state index is 11.5. The van der Waals surface area contributed by atoms with Crippen LogP contribution in [0.5, 0.6) is 0 Å². The van der Waals surface area contributed by atoms with Gasteiger partial charge in [-0.25, -0.2) is 4.79 Å². The fourth-order valence-electron chi connectivity index (χ4n) is 2.07. The predicted octanol–water partition coefficient (Wildman–Crippen LogP) is 3.26. The number of methoxy groups -OCH3 is 1. The molecule has 0 radical (unpaired) electrons. The Hall–Kier alpha value is -1.72. The summed E-state index contributed by atoms with van der Waals surface area (Å²) < 4.78 is 5.62. The molecule has 5 heteroatoms. The number of rotatable bonds is 5. The third kappa shape index (κ3) is 4.37. The van der Waals surface area contributed by atoms with Gasteiger partial charge in [0.25, 0.3) is 0 Å². The van der Waals surface area contributed by atoms with Crippen molar-refractivity contribution in [2.75, 3.05) is 14.2 Å². The van der Waals surface area contributed by atoms with Crippen LogP contribution in [0.3, 0.4) is 0 Å². The van der Waals surface area contributed by atoms with Crippen LogP contribution in [-0.4, -0.2) is 30.0 Å². The largest absolute Gasteiger partial charge is 0.465 e. The second kappa shape index (κ2) is 7.33. The van der Waals surface area contributed by atoms with Crippen molar-refractivity contribution in [3.05, 3.63) is 63.9 Å². The Morgan fingerprint density at radius 1 is 1.33 bits per heavy atom. The van der Waals surface area contributed by atoms with Gasteiger partial charge in [-0.3, -0.25) is 9.88 Å². The summed E-state index contributed by atoms with van der Waals surface area (Å²) in [6.07, 6.45) is 3.64. The molecular weight excluding hydrogens is 332 g/mol. The maximum Gasteiger partial charge on any atom is 0.337 e. The molecule has 1 heterocycles. The second-order valence-corrected chi connectivity index (χ2v) is 5.69. The van der Waals surface area contributed by atoms with Crippen molar-refractivity contribution < 1.29 is 9.53 Å². The lowest BCUT2D eigenvalue weighted by Crippen LogP contribution is -2.17. The van der Waals surface area contributed by atoms with Crippen LogP contribution in [0, 0.1) is 0 Å². The van der Waals surface area contributed by atoms with Gasteiger partial charge in [0.15, 0.2) is 0 Å². The minimum atomic E-state index is -0.328. The number of esters is 1. The van der Waals surface area contributed by atoms with Gasteiger partial charge in [-0.1, -0.05) is 28.1 Å². The molecule has 0 saturated carbocycles. The summed E-state index contributed by atoms with van der Waals surface area (Å²) in [6.45, 7) is 1.59. The van der Waals surface area contributed by atoms with Crippen LogP contribution in [0.1, 0.15) is 21.5 Å². The van der Waals surface area contributed by atoms with Gasteiger partial charge in [0, 0.05) is 30.0 Å². The molecule has 4 nitrogen and oxygen atoms in total. The highest BCUT2D eigenvalue weighted by molar-refractivity contribution is 9.10. The van der Waals surface area contributed by atoms with Crippen LogP contribution in [0.4, 0.5) is 0 Å². The fourth-order valence-corrected chi connectivity index (χ4v) is 2.57. The van der Waals surface area contributed by atoms with Crippen molar-refractivity contribution in [1.29, 1.82) is 0 Å². The molecule has 1 aromatic heterocycles. The molecular formula is C16H17BrN2O2. The molecule has 0 aliphatic heterocycles. The van der Waals surface area contributed by atoms with Crippen LogP contribution in [0.15, 0.2) is 47.2 Å². The first-order chi connectivity index (χ1) is 10.1. The van der Waals surface area contributed by atoms with E-state index in [2.05, 4.69) is 31.9 Å². The number of hydrogen-bond donors (Lipinski definition) is 0. The molecule has 0 fully saturated rings. The van der Waals surface area contributed by atoms with Crippen LogP contribution in [0.25, 0.3) is 0 Å². The van der Waals surface area contributed by atoms with Crippen molar-refractivity contribution in [2.24, 2.45) is 0 Å². The van der Waals surface area contributed by atoms with Crippen molar-refractivity contribution in [3.63, 3.8) is 0 Å². The number of nitrogens with zero attached hydrogens (tertiary/aromatic N) is 2. The summed E-state index contributed by atoms with van der Waals surface area (Å²) in [6, 6.07) is 9.50. The monoisotopic (exact) mass is 348 g/mol. The third-order valence-corrected chi connectivity index (χ3v) is 3.83. The molecule has 0 amide bonds. The minimum absolute atomic E-state index is 0.328. The molecule has 0 N–H and O–H groups in total. The smallest absolute Gasteiger partial charge is 0.337 e. The van der Waals surface area contributed by atoms with E-state index in [0.29, 0.717) is 5.56 Å². The molecule has 0 unspecified atom stereocenters. The summed E-state index contributed by atoms with van der Waals surface area (Å²) >= 11 is 3.51. The van der Waals surface area contributed by atoms with Crippen LogP contribution >= 0.6 is 15.9 Å². The van der Waals surface area contributed by atoms with Crippen molar-refractivity contribution >= 4 is 21.9 Å². The van der Waals surface area contributed by atoms with E-state index < -0.39 is 0 Å². The van der Waals surface area contributed by atoms with Gasteiger partial charge in [-0.15, -0.1) is 0 Å². The third-order valence-electron chi connectivity index (χ3n) is 3.09. The molecule has 0 atom stereocenters. The summed E-state index contributed by atoms with van der Waals surface area (Å²) in [5.74, 6) is -0.328. The van der Waals surface area contributed by atoms with Crippen LogP contribution in [0.2, 0.25) is 0 Å². The van der Waals surface area contributed by atoms with E-state index in [9.17, 15) is 4.79 Å². The average Bonchev–Trinajstić information content (AvgIpc) is 2.49. The second-order valence-electron chi connectivity index (χ2n) is 4.83. The molecule has 1 aromatic carbocycles. The molecule has 0 aliphatic rings. The zero-order valence-corrected chi connectivity index (χ0v) is 13.6. The lowest BCUT2D eigenvalue weighted by molar-refractivity contribution is 0.0600. The summed E-state index contributed by atoms with van der Waals surface area (Å²) in [7, 11) is 3.43. The lowest BCUT2D eigenvalue weighted by atomic mass is 10.1. The molecule has 0 saturated heterocycles. The Bertz CT molecular complexity index is 617. The fraction of sp³-hybridized carbons (Fsp3) is 0.250. The van der Waals surface area contributed by atoms with Crippen LogP contribution in [-0.2, 0) is 17.8 Å². The van der Waals surface area contributed by atoms with Gasteiger partial charge in [-0.05, 0) is 36.4 Å². The number of carbonyl (C=O) groups excluding carboxylic acids is 1. The van der Waals surface area contributed by atoms with E-state index in [1.54, 1.807) is 18.3 Å². The number of benzene rings is 1. The summed E-state index contributed by atoms with van der Waals surface area (Å²) in [4.78, 5) is 17.8. The number of hydrogen-bond acceptors (Lipinski definition) is 4. The topological polar surface area (TPSA) is 42.4 Å². The van der Waals surface area contributed by atoms with Gasteiger partial charge in [0.05, 0.1) is 12.7 Å². The van der Waals surface area contributed by atoms with Gasteiger partial charge in [-0.2, -0.15) is 0 Å². The molecule has 2 aromatic rings. The molecule has 0 bridgehead atoms. The Morgan fingerprint density at radius 3 is 2.76 bits per heavy atom. The number of halogens is 1. The molecule has 0 aliphatic carbocycles. The number of aromatic nitrogens is 1. The standard InChI is InChI=1S/C16H17BrN2O2/c1-19(10-12-4-3-7-18-9-12)11-14-6-5-13(8-15(14)17)16(20)21-2/h3-9H,10-11H2,1-2H3. The van der Waals surface area contributed by atoms with Crippen molar-refractivity contribution in [2.45, 2.75) is 13.1 Å². The normalized spacial score (nSPS) is 10.7. The van der Waals surface area contributed by atoms with Crippen LogP contribution < -0.4 is 0 Å². The Balaban J connectivity index is 2.04. The average molecular weight is 349 g/mol. The van der Waals surface area contributed by atoms with E-state index in [-0.39, 0.29) is 5.97 Å². The minimum Gasteiger partial charge on any atom is -0.465 e. The summed E-state index contributed by atoms with van der Waals surface area (Å²) in [5, 5.41) is 0. The highest BCUT2D eigenvalue weighted by atomic mass is 79.9. The Labute approximate surface area is 132 Å². The summed E-state index contributed by atoms with van der Waals surface area (Å²) in [5.41, 5.74) is 2.83. The molecule has 0 spiro atoms. The van der Waals surface area contributed by atoms with E-state index in [1.807, 2.05) is 25.4 Å². The highest BCUT2D eigenvalue weighted by Crippen LogP contribution is 2.21. The number of ether oxygens (including phenoxy) is 1. The van der Waals surface area contributed by atoms with Crippen molar-refractivity contribution in [1.82, 2.24) is 9.88 Å². The first-order valence-corrected chi connectivity index (χ1v) is 7.33. The van der Waals surface area contributed by atoms with Gasteiger partial charge < -0.3 is 4.74 Å². The van der Waals surface area contributed by atoms with Gasteiger partial charge in [0.2, 0.25) is 0 Å². The first-order valence-electron chi connectivity index (χ1n) is 6.54. The first kappa shape index (κ1) is 15.7.